The van der Waals surface area contributed by atoms with Crippen LogP contribution in [0.2, 0.25) is 0 Å². The van der Waals surface area contributed by atoms with Crippen LogP contribution in [0.25, 0.3) is 0 Å². The first kappa shape index (κ1) is 17.2. The van der Waals surface area contributed by atoms with Crippen LogP contribution in [0.3, 0.4) is 0 Å². The second-order valence-corrected chi connectivity index (χ2v) is 5.92. The van der Waals surface area contributed by atoms with Gasteiger partial charge in [-0.15, -0.1) is 0 Å². The van der Waals surface area contributed by atoms with Crippen LogP contribution in [0.5, 0.6) is 0 Å². The van der Waals surface area contributed by atoms with Crippen molar-refractivity contribution in [3.05, 3.63) is 12.2 Å². The Hall–Kier alpha value is -0.870. The van der Waals surface area contributed by atoms with E-state index < -0.39 is 0 Å². The Labute approximate surface area is 124 Å². The Morgan fingerprint density at radius 1 is 1.25 bits per heavy atom. The van der Waals surface area contributed by atoms with Gasteiger partial charge in [-0.25, -0.2) is 0 Å². The predicted octanol–water partition coefficient (Wildman–Crippen LogP) is 1.86. The second-order valence-electron chi connectivity index (χ2n) is 5.92. The van der Waals surface area contributed by atoms with Gasteiger partial charge in [0.25, 0.3) is 0 Å². The molecule has 0 aliphatic heterocycles. The van der Waals surface area contributed by atoms with Crippen molar-refractivity contribution in [2.45, 2.75) is 46.1 Å². The Balaban J connectivity index is 2.62. The molecule has 0 heterocycles. The molecule has 1 amide bonds. The molecule has 0 radical (unpaired) electrons. The van der Waals surface area contributed by atoms with Crippen LogP contribution in [-0.4, -0.2) is 54.5 Å². The van der Waals surface area contributed by atoms with Crippen molar-refractivity contribution in [2.75, 3.05) is 32.7 Å². The van der Waals surface area contributed by atoms with Gasteiger partial charge in [0.05, 0.1) is 6.54 Å². The lowest BCUT2D eigenvalue weighted by Gasteiger charge is -2.33. The molecule has 20 heavy (non-hydrogen) atoms. The highest BCUT2D eigenvalue weighted by Crippen LogP contribution is 2.29. The van der Waals surface area contributed by atoms with E-state index in [-0.39, 0.29) is 5.91 Å². The van der Waals surface area contributed by atoms with Crippen LogP contribution in [0, 0.1) is 5.92 Å². The fourth-order valence-corrected chi connectivity index (χ4v) is 3.21. The molecule has 2 unspecified atom stereocenters. The third kappa shape index (κ3) is 4.60. The molecule has 4 nitrogen and oxygen atoms in total. The number of amides is 1. The summed E-state index contributed by atoms with van der Waals surface area (Å²) in [5.41, 5.74) is 6.90. The van der Waals surface area contributed by atoms with Crippen LogP contribution in [0.15, 0.2) is 12.2 Å². The van der Waals surface area contributed by atoms with Crippen molar-refractivity contribution < 1.29 is 4.79 Å². The van der Waals surface area contributed by atoms with E-state index in [1.165, 1.54) is 19.3 Å². The van der Waals surface area contributed by atoms with Crippen molar-refractivity contribution in [1.82, 2.24) is 9.80 Å². The number of rotatable bonds is 8. The summed E-state index contributed by atoms with van der Waals surface area (Å²) in [6, 6.07) is 0.484. The molecule has 1 aliphatic carbocycles. The smallest absolute Gasteiger partial charge is 0.237 e. The summed E-state index contributed by atoms with van der Waals surface area (Å²) in [5.74, 6) is 0.763. The van der Waals surface area contributed by atoms with E-state index in [9.17, 15) is 4.79 Å². The number of nitrogens with two attached hydrogens (primary N) is 1. The highest BCUT2D eigenvalue weighted by molar-refractivity contribution is 5.78. The first-order chi connectivity index (χ1) is 9.53. The molecule has 1 saturated carbocycles. The van der Waals surface area contributed by atoms with Crippen LogP contribution < -0.4 is 5.73 Å². The third-order valence-electron chi connectivity index (χ3n) is 4.33. The molecule has 1 aliphatic rings. The first-order valence-corrected chi connectivity index (χ1v) is 7.89. The van der Waals surface area contributed by atoms with E-state index in [4.69, 9.17) is 5.73 Å². The molecule has 2 atom stereocenters. The van der Waals surface area contributed by atoms with Gasteiger partial charge >= 0.3 is 0 Å². The molecule has 116 valence electrons. The van der Waals surface area contributed by atoms with Crippen molar-refractivity contribution in [2.24, 2.45) is 11.7 Å². The minimum absolute atomic E-state index is 0.208. The second kappa shape index (κ2) is 8.42. The van der Waals surface area contributed by atoms with Gasteiger partial charge in [0.1, 0.15) is 0 Å². The maximum absolute atomic E-state index is 12.4. The van der Waals surface area contributed by atoms with Crippen molar-refractivity contribution in [1.29, 1.82) is 0 Å². The summed E-state index contributed by atoms with van der Waals surface area (Å²) in [5, 5.41) is 0. The molecule has 0 bridgehead atoms. The average molecular weight is 281 g/mol. The fourth-order valence-electron chi connectivity index (χ4n) is 3.21. The summed E-state index contributed by atoms with van der Waals surface area (Å²) < 4.78 is 0. The van der Waals surface area contributed by atoms with Gasteiger partial charge in [-0.2, -0.15) is 0 Å². The molecule has 4 heteroatoms. The number of carbonyl (C=O) groups excluding carboxylic acids is 1. The van der Waals surface area contributed by atoms with E-state index in [0.717, 1.165) is 25.2 Å². The zero-order valence-corrected chi connectivity index (χ0v) is 13.4. The van der Waals surface area contributed by atoms with Gasteiger partial charge in [-0.1, -0.05) is 25.5 Å². The number of hydrogen-bond donors (Lipinski definition) is 1. The number of carbonyl (C=O) groups is 1. The van der Waals surface area contributed by atoms with Crippen LogP contribution in [0.1, 0.15) is 40.0 Å². The summed E-state index contributed by atoms with van der Waals surface area (Å²) in [7, 11) is 0. The zero-order chi connectivity index (χ0) is 15.1. The summed E-state index contributed by atoms with van der Waals surface area (Å²) in [6.45, 7) is 13.6. The van der Waals surface area contributed by atoms with E-state index in [0.29, 0.717) is 25.0 Å². The normalized spacial score (nSPS) is 22.2. The van der Waals surface area contributed by atoms with Gasteiger partial charge in [0, 0.05) is 19.1 Å². The molecule has 0 aromatic heterocycles. The van der Waals surface area contributed by atoms with Crippen LogP contribution >= 0.6 is 0 Å². The first-order valence-electron chi connectivity index (χ1n) is 7.89. The van der Waals surface area contributed by atoms with Gasteiger partial charge in [0.15, 0.2) is 0 Å². The minimum atomic E-state index is 0.208. The highest BCUT2D eigenvalue weighted by atomic mass is 16.2. The largest absolute Gasteiger partial charge is 0.338 e. The molecular formula is C16H31N3O. The standard InChI is InChI=1S/C16H31N3O/c1-5-18(15-9-7-8-14(15)10-17)12-16(20)19(6-2)11-13(3)4/h14-15H,3,5-12,17H2,1-2,4H3. The topological polar surface area (TPSA) is 49.6 Å². The Bertz CT molecular complexity index is 330. The highest BCUT2D eigenvalue weighted by Gasteiger charge is 2.31. The fraction of sp³-hybridized carbons (Fsp3) is 0.812. The van der Waals surface area contributed by atoms with E-state index in [1.54, 1.807) is 0 Å². The molecule has 1 rings (SSSR count). The molecule has 0 spiro atoms. The van der Waals surface area contributed by atoms with Gasteiger partial charge < -0.3 is 10.6 Å². The number of likely N-dealkylation sites (N-methyl/N-ethyl adjacent to an activating group) is 2. The lowest BCUT2D eigenvalue weighted by atomic mass is 10.0. The predicted molar refractivity (Wildman–Crippen MR) is 84.5 cm³/mol. The Morgan fingerprint density at radius 3 is 2.45 bits per heavy atom. The maximum atomic E-state index is 12.4. The van der Waals surface area contributed by atoms with Crippen LogP contribution in [-0.2, 0) is 4.79 Å². The monoisotopic (exact) mass is 281 g/mol. The average Bonchev–Trinajstić information content (AvgIpc) is 2.89. The van der Waals surface area contributed by atoms with E-state index in [2.05, 4.69) is 18.4 Å². The minimum Gasteiger partial charge on any atom is -0.338 e. The third-order valence-corrected chi connectivity index (χ3v) is 4.33. The molecule has 0 aromatic rings. The van der Waals surface area contributed by atoms with Gasteiger partial charge in [-0.3, -0.25) is 9.69 Å². The molecule has 0 aromatic carbocycles. The summed E-state index contributed by atoms with van der Waals surface area (Å²) >= 11 is 0. The molecule has 0 saturated heterocycles. The lowest BCUT2D eigenvalue weighted by molar-refractivity contribution is -0.132. The summed E-state index contributed by atoms with van der Waals surface area (Å²) in [4.78, 5) is 16.6. The quantitative estimate of drug-likeness (QED) is 0.691. The van der Waals surface area contributed by atoms with Gasteiger partial charge in [-0.05, 0) is 45.7 Å². The lowest BCUT2D eigenvalue weighted by Crippen LogP contribution is -2.47. The number of hydrogen-bond acceptors (Lipinski definition) is 3. The Kier molecular flexibility index (Phi) is 7.24. The zero-order valence-electron chi connectivity index (χ0n) is 13.4. The maximum Gasteiger partial charge on any atom is 0.237 e. The van der Waals surface area contributed by atoms with Gasteiger partial charge in [0.2, 0.25) is 5.91 Å². The van der Waals surface area contributed by atoms with Crippen molar-refractivity contribution >= 4 is 5.91 Å². The SMILES string of the molecule is C=C(C)CN(CC)C(=O)CN(CC)C1CCCC1CN. The Morgan fingerprint density at radius 2 is 1.95 bits per heavy atom. The molecule has 2 N–H and O–H groups in total. The number of nitrogens with zero attached hydrogens (tertiary/aromatic N) is 2. The van der Waals surface area contributed by atoms with E-state index in [1.807, 2.05) is 18.7 Å². The van der Waals surface area contributed by atoms with E-state index >= 15 is 0 Å². The van der Waals surface area contributed by atoms with Crippen molar-refractivity contribution in [3.63, 3.8) is 0 Å². The van der Waals surface area contributed by atoms with Crippen molar-refractivity contribution in [3.8, 4) is 0 Å². The molecule has 1 fully saturated rings. The summed E-state index contributed by atoms with van der Waals surface area (Å²) in [6.07, 6.45) is 3.62. The molecular weight excluding hydrogens is 250 g/mol. The van der Waals surface area contributed by atoms with Crippen LogP contribution in [0.4, 0.5) is 0 Å².